The molecule has 0 spiro atoms. The first kappa shape index (κ1) is 32.2. The van der Waals surface area contributed by atoms with E-state index in [0.717, 1.165) is 49.4 Å². The number of hydrogen-bond acceptors (Lipinski definition) is 5. The Morgan fingerprint density at radius 1 is 1.00 bits per heavy atom. The van der Waals surface area contributed by atoms with Crippen LogP contribution in [0.4, 0.5) is 24.5 Å². The van der Waals surface area contributed by atoms with Gasteiger partial charge in [0.2, 0.25) is 5.91 Å². The Labute approximate surface area is 265 Å². The van der Waals surface area contributed by atoms with Crippen LogP contribution in [0.2, 0.25) is 5.02 Å². The Hall–Kier alpha value is -3.21. The molecule has 2 fully saturated rings. The fourth-order valence-electron chi connectivity index (χ4n) is 6.21. The Bertz CT molecular complexity index is 1440. The van der Waals surface area contributed by atoms with Crippen LogP contribution in [0.15, 0.2) is 72.8 Å². The minimum absolute atomic E-state index is 0.0185. The molecule has 2 heterocycles. The molecule has 6 nitrogen and oxygen atoms in total. The van der Waals surface area contributed by atoms with Gasteiger partial charge in [-0.2, -0.15) is 24.9 Å². The zero-order chi connectivity index (χ0) is 31.3. The molecule has 2 amide bonds. The maximum atomic E-state index is 13.5. The van der Waals surface area contributed by atoms with E-state index in [2.05, 4.69) is 33.0 Å². The minimum atomic E-state index is -4.49. The molecule has 0 radical (unpaired) electrons. The van der Waals surface area contributed by atoms with E-state index in [4.69, 9.17) is 11.6 Å². The smallest absolute Gasteiger partial charge is 0.355 e. The zero-order valence-corrected chi connectivity index (χ0v) is 25.9. The number of hydrogen-bond donors (Lipinski definition) is 3. The van der Waals surface area contributed by atoms with Gasteiger partial charge in [0.25, 0.3) is 5.91 Å². The molecule has 5 rings (SSSR count). The Balaban J connectivity index is 1.23. The lowest BCUT2D eigenvalue weighted by Crippen LogP contribution is -2.54. The molecule has 2 aliphatic heterocycles. The van der Waals surface area contributed by atoms with Crippen molar-refractivity contribution in [2.45, 2.75) is 69.0 Å². The normalized spacial score (nSPS) is 20.6. The van der Waals surface area contributed by atoms with E-state index in [9.17, 15) is 22.8 Å². The van der Waals surface area contributed by atoms with Crippen molar-refractivity contribution in [1.29, 1.82) is 0 Å². The third-order valence-electron chi connectivity index (χ3n) is 8.38. The maximum absolute atomic E-state index is 13.5. The van der Waals surface area contributed by atoms with Gasteiger partial charge in [-0.1, -0.05) is 41.9 Å². The van der Waals surface area contributed by atoms with Crippen LogP contribution in [0.1, 0.15) is 53.6 Å². The standard InChI is InChI=1S/C33H36ClF3N4O2S/c1-44-16-15-30(32(43)39-25-18-26-13-14-27(19-25)41(26)20-21-9-11-23(34)12-10-21)40-31(42)28-7-2-3-8-29(28)38-24-6-4-5-22(17-24)33(35,36)37/h2-12,17,25-27,30,38H,13-16,18-20H2,1H3,(H,39,43)(H,40,42)/t25-,26-,27+,30-/m0/s1. The molecule has 0 unspecified atom stereocenters. The number of alkyl halides is 3. The molecule has 0 saturated carbocycles. The molecule has 4 atom stereocenters. The monoisotopic (exact) mass is 644 g/mol. The SMILES string of the molecule is CSCC[C@H](NC(=O)c1ccccc1Nc1cccc(C(F)(F)F)c1)C(=O)N[C@@H]1C[C@H]2CC[C@@H](C1)N2Cc1ccc(Cl)cc1. The van der Waals surface area contributed by atoms with Crippen LogP contribution >= 0.6 is 23.4 Å². The van der Waals surface area contributed by atoms with E-state index in [1.165, 1.54) is 17.7 Å². The maximum Gasteiger partial charge on any atom is 0.416 e. The summed E-state index contributed by atoms with van der Waals surface area (Å²) in [6.07, 6.45) is 1.79. The van der Waals surface area contributed by atoms with Crippen LogP contribution in [0.5, 0.6) is 0 Å². The summed E-state index contributed by atoms with van der Waals surface area (Å²) in [6, 6.07) is 19.4. The molecule has 2 saturated heterocycles. The second-order valence-electron chi connectivity index (χ2n) is 11.4. The van der Waals surface area contributed by atoms with Gasteiger partial charge in [0, 0.05) is 35.4 Å². The Morgan fingerprint density at radius 3 is 2.39 bits per heavy atom. The highest BCUT2D eigenvalue weighted by Gasteiger charge is 2.41. The van der Waals surface area contributed by atoms with Crippen molar-refractivity contribution in [3.63, 3.8) is 0 Å². The number of carbonyl (C=O) groups excluding carboxylic acids is 2. The van der Waals surface area contributed by atoms with E-state index >= 15 is 0 Å². The number of rotatable bonds is 11. The Kier molecular flexibility index (Phi) is 10.4. The van der Waals surface area contributed by atoms with Crippen molar-refractivity contribution in [2.75, 3.05) is 17.3 Å². The predicted octanol–water partition coefficient (Wildman–Crippen LogP) is 7.27. The van der Waals surface area contributed by atoms with Gasteiger partial charge in [0.1, 0.15) is 6.04 Å². The van der Waals surface area contributed by atoms with Crippen molar-refractivity contribution < 1.29 is 22.8 Å². The van der Waals surface area contributed by atoms with Crippen LogP contribution in [0.25, 0.3) is 0 Å². The van der Waals surface area contributed by atoms with Crippen molar-refractivity contribution >= 4 is 46.6 Å². The van der Waals surface area contributed by atoms with Crippen molar-refractivity contribution in [2.24, 2.45) is 0 Å². The number of amides is 2. The summed E-state index contributed by atoms with van der Waals surface area (Å²) in [5, 5.41) is 9.78. The molecule has 234 valence electrons. The Morgan fingerprint density at radius 2 is 1.70 bits per heavy atom. The molecule has 3 aromatic rings. The third-order valence-corrected chi connectivity index (χ3v) is 9.28. The summed E-state index contributed by atoms with van der Waals surface area (Å²) in [7, 11) is 0. The van der Waals surface area contributed by atoms with E-state index in [-0.39, 0.29) is 23.2 Å². The number of benzene rings is 3. The van der Waals surface area contributed by atoms with E-state index in [1.54, 1.807) is 36.0 Å². The van der Waals surface area contributed by atoms with Gasteiger partial charge in [-0.25, -0.2) is 0 Å². The molecule has 3 N–H and O–H groups in total. The summed E-state index contributed by atoms with van der Waals surface area (Å²) in [4.78, 5) is 29.6. The average molecular weight is 645 g/mol. The molecule has 0 aromatic heterocycles. The number of nitrogens with zero attached hydrogens (tertiary/aromatic N) is 1. The first-order valence-corrected chi connectivity index (χ1v) is 16.5. The minimum Gasteiger partial charge on any atom is -0.355 e. The van der Waals surface area contributed by atoms with Gasteiger partial charge in [0.05, 0.1) is 16.8 Å². The van der Waals surface area contributed by atoms with Gasteiger partial charge in [-0.05, 0) is 92.1 Å². The van der Waals surface area contributed by atoms with Crippen molar-refractivity contribution in [3.8, 4) is 0 Å². The molecule has 3 aromatic carbocycles. The van der Waals surface area contributed by atoms with Crippen molar-refractivity contribution in [1.82, 2.24) is 15.5 Å². The molecular weight excluding hydrogens is 609 g/mol. The fraction of sp³-hybridized carbons (Fsp3) is 0.394. The van der Waals surface area contributed by atoms with Gasteiger partial charge < -0.3 is 16.0 Å². The zero-order valence-electron chi connectivity index (χ0n) is 24.4. The van der Waals surface area contributed by atoms with E-state index < -0.39 is 23.7 Å². The van der Waals surface area contributed by atoms with Crippen LogP contribution in [-0.2, 0) is 17.5 Å². The topological polar surface area (TPSA) is 73.5 Å². The molecule has 2 aliphatic rings. The summed E-state index contributed by atoms with van der Waals surface area (Å²) in [5.74, 6) is -0.0155. The lowest BCUT2D eigenvalue weighted by Gasteiger charge is -2.39. The summed E-state index contributed by atoms with van der Waals surface area (Å²) < 4.78 is 39.7. The van der Waals surface area contributed by atoms with E-state index in [1.807, 2.05) is 18.4 Å². The van der Waals surface area contributed by atoms with Crippen LogP contribution in [0, 0.1) is 0 Å². The molecule has 44 heavy (non-hydrogen) atoms. The molecule has 0 aliphatic carbocycles. The molecule has 11 heteroatoms. The van der Waals surface area contributed by atoms with Crippen molar-refractivity contribution in [3.05, 3.63) is 94.5 Å². The van der Waals surface area contributed by atoms with E-state index in [0.29, 0.717) is 29.9 Å². The highest BCUT2D eigenvalue weighted by Crippen LogP contribution is 2.37. The number of fused-ring (bicyclic) bond motifs is 2. The number of anilines is 2. The highest BCUT2D eigenvalue weighted by molar-refractivity contribution is 7.98. The highest BCUT2D eigenvalue weighted by atomic mass is 35.5. The lowest BCUT2D eigenvalue weighted by atomic mass is 9.96. The number of nitrogens with one attached hydrogen (secondary N) is 3. The van der Waals surface area contributed by atoms with Crippen LogP contribution in [0.3, 0.4) is 0 Å². The lowest BCUT2D eigenvalue weighted by molar-refractivity contribution is -0.137. The quantitative estimate of drug-likeness (QED) is 0.205. The number of halogens is 4. The summed E-state index contributed by atoms with van der Waals surface area (Å²) in [5.41, 5.74) is 1.21. The van der Waals surface area contributed by atoms with Gasteiger partial charge in [-0.3, -0.25) is 14.5 Å². The largest absolute Gasteiger partial charge is 0.416 e. The fourth-order valence-corrected chi connectivity index (χ4v) is 6.81. The number of piperidine rings is 1. The predicted molar refractivity (Wildman–Crippen MR) is 170 cm³/mol. The first-order valence-electron chi connectivity index (χ1n) is 14.7. The number of carbonyl (C=O) groups is 2. The second-order valence-corrected chi connectivity index (χ2v) is 12.8. The van der Waals surface area contributed by atoms with Gasteiger partial charge in [0.15, 0.2) is 0 Å². The average Bonchev–Trinajstić information content (AvgIpc) is 3.22. The van der Waals surface area contributed by atoms with Gasteiger partial charge >= 0.3 is 6.18 Å². The third kappa shape index (κ3) is 8.08. The van der Waals surface area contributed by atoms with Gasteiger partial charge in [-0.15, -0.1) is 0 Å². The van der Waals surface area contributed by atoms with Crippen LogP contribution in [-0.4, -0.2) is 52.9 Å². The summed E-state index contributed by atoms with van der Waals surface area (Å²) in [6.45, 7) is 0.855. The number of thioether (sulfide) groups is 1. The summed E-state index contributed by atoms with van der Waals surface area (Å²) >= 11 is 7.64. The van der Waals surface area contributed by atoms with Crippen LogP contribution < -0.4 is 16.0 Å². The first-order chi connectivity index (χ1) is 21.1. The molecule has 2 bridgehead atoms. The molecular formula is C33H36ClF3N4O2S. The second kappa shape index (κ2) is 14.3. The number of para-hydroxylation sites is 1.